The van der Waals surface area contributed by atoms with Gasteiger partial charge in [-0.1, -0.05) is 82.1 Å². The maximum atomic E-state index is 13.3. The third kappa shape index (κ3) is 17.8. The average molecular weight is 1280 g/mol. The van der Waals surface area contributed by atoms with Crippen molar-refractivity contribution in [1.82, 2.24) is 19.9 Å². The molecule has 2 aromatic carbocycles. The van der Waals surface area contributed by atoms with E-state index in [4.69, 9.17) is 56.7 Å². The van der Waals surface area contributed by atoms with Crippen molar-refractivity contribution >= 4 is 155 Å². The number of halogens is 4. The molecule has 0 saturated heterocycles. The van der Waals surface area contributed by atoms with Crippen LogP contribution in [0.2, 0.25) is 18.7 Å². The average Bonchev–Trinajstić information content (AvgIpc) is 4.12. The third-order valence-electron chi connectivity index (χ3n) is 10.8. The zero-order valence-electron chi connectivity index (χ0n) is 37.7. The van der Waals surface area contributed by atoms with Crippen molar-refractivity contribution in [3.8, 4) is 0 Å². The Hall–Kier alpha value is -2.51. The Morgan fingerprint density at radius 2 is 1.22 bits per heavy atom. The number of nitrogens with two attached hydrogens (primary N) is 2. The van der Waals surface area contributed by atoms with E-state index in [1.807, 2.05) is 18.2 Å². The van der Waals surface area contributed by atoms with Crippen molar-refractivity contribution in [1.29, 1.82) is 0 Å². The summed E-state index contributed by atoms with van der Waals surface area (Å²) in [5, 5.41) is 37.6. The summed E-state index contributed by atoms with van der Waals surface area (Å²) in [5.74, 6) is -1.08. The van der Waals surface area contributed by atoms with Crippen LogP contribution >= 0.6 is 88.9 Å². The Kier molecular flexibility index (Phi) is 23.9. The molecule has 394 valence electrons. The number of aromatic nitrogens is 4. The Morgan fingerprint density at radius 1 is 0.743 bits per heavy atom. The number of thiophene rings is 2. The number of anilines is 2. The number of ketones is 2. The fourth-order valence-corrected chi connectivity index (χ4v) is 13.8. The van der Waals surface area contributed by atoms with Crippen molar-refractivity contribution in [2.75, 3.05) is 23.8 Å². The molecule has 7 atom stereocenters. The smallest absolute Gasteiger partial charge is 0.333 e. The summed E-state index contributed by atoms with van der Waals surface area (Å²) in [5.41, 5.74) is 0.415. The minimum atomic E-state index is -4.12. The molecule has 6 aromatic rings. The second-order valence-corrected chi connectivity index (χ2v) is 25.0. The van der Waals surface area contributed by atoms with Crippen LogP contribution in [0.5, 0.6) is 0 Å². The van der Waals surface area contributed by atoms with E-state index in [0.717, 1.165) is 32.5 Å². The summed E-state index contributed by atoms with van der Waals surface area (Å²) in [6.07, 6.45) is 5.10. The number of nitrogens with one attached hydrogen (secondary N) is 2. The number of hydrogen-bond acceptors (Lipinski definition) is 21. The zero-order chi connectivity index (χ0) is 53.2. The molecule has 4 aromatic heterocycles. The van der Waals surface area contributed by atoms with Crippen LogP contribution in [0.25, 0.3) is 0 Å². The van der Waals surface area contributed by atoms with Crippen LogP contribution in [0.15, 0.2) is 105 Å². The van der Waals surface area contributed by atoms with Gasteiger partial charge in [-0.05, 0) is 82.2 Å². The standard InChI is InChI=1S/C21H20Cl2N4O6S3.C21H20Cl2N4O5S3.HPS.Ti/c22-12-2-1-3-14(5-12)35(30)18-7-17(34-20(18)23)19(29)15-8-25-10-26-21(15)27-13-4-11(16(28)6-13)9-33-36(24,31)32;22-12-2-1-3-14(5-12)33-18-7-17(34-20(18)23)19(29)15-8-25-10-26-21(15)27-13-4-11(16(28)6-13)9-32-35(24,30)31;1-2;/h1-3,5,7-8,10-11,13,16,28H,4,6,9H2,(H2,24,31,32)(H,25,26,27);1-3,5,7-8,10-11,13,16,28H,4,6,9H2,(H2,24,30,31)(H,25,26,27);1H;/t11-,13-,16+,35?;11-,13-,16+;;/m11../s1. The van der Waals surface area contributed by atoms with E-state index in [1.54, 1.807) is 36.4 Å². The minimum Gasteiger partial charge on any atom is -0.393 e. The predicted octanol–water partition coefficient (Wildman–Crippen LogP) is 7.60. The van der Waals surface area contributed by atoms with Crippen molar-refractivity contribution in [2.24, 2.45) is 22.1 Å². The van der Waals surface area contributed by atoms with Gasteiger partial charge in [-0.15, -0.1) is 22.7 Å². The molecule has 19 nitrogen and oxygen atoms in total. The first-order chi connectivity index (χ1) is 34.6. The van der Waals surface area contributed by atoms with Gasteiger partial charge >= 0.3 is 20.6 Å². The van der Waals surface area contributed by atoms with Crippen LogP contribution in [-0.2, 0) is 73.3 Å². The number of aliphatic hydroxyl groups is 2. The third-order valence-corrected chi connectivity index (χ3v) is 17.8. The van der Waals surface area contributed by atoms with Gasteiger partial charge in [0.05, 0.1) is 62.0 Å². The molecular weight excluding hydrogens is 1240 g/mol. The number of carbonyl (C=O) groups is 2. The first-order valence-electron chi connectivity index (χ1n) is 20.9. The maximum Gasteiger partial charge on any atom is 0.333 e. The van der Waals surface area contributed by atoms with Crippen LogP contribution in [0.1, 0.15) is 56.2 Å². The molecule has 74 heavy (non-hydrogen) atoms. The number of benzene rings is 2. The van der Waals surface area contributed by atoms with Gasteiger partial charge in [-0.2, -0.15) is 16.8 Å². The second kappa shape index (κ2) is 28.4. The van der Waals surface area contributed by atoms with Gasteiger partial charge in [-0.25, -0.2) is 34.4 Å². The minimum absolute atomic E-state index is 0. The fraction of sp³-hybridized carbons (Fsp3) is 0.286. The molecule has 0 spiro atoms. The van der Waals surface area contributed by atoms with E-state index in [1.165, 1.54) is 42.9 Å². The van der Waals surface area contributed by atoms with Gasteiger partial charge in [0.25, 0.3) is 0 Å². The van der Waals surface area contributed by atoms with Crippen molar-refractivity contribution in [3.05, 3.63) is 125 Å². The first kappa shape index (κ1) is 62.3. The molecule has 0 amide bonds. The normalized spacial score (nSPS) is 19.7. The van der Waals surface area contributed by atoms with E-state index >= 15 is 0 Å². The summed E-state index contributed by atoms with van der Waals surface area (Å²) in [4.78, 5) is 46.0. The van der Waals surface area contributed by atoms with Gasteiger partial charge in [0.1, 0.15) is 33.0 Å². The molecule has 2 aliphatic rings. The van der Waals surface area contributed by atoms with Gasteiger partial charge < -0.3 is 20.8 Å². The van der Waals surface area contributed by atoms with E-state index in [2.05, 4.69) is 58.8 Å². The summed E-state index contributed by atoms with van der Waals surface area (Å²) in [6, 6.07) is 16.5. The molecule has 4 heterocycles. The van der Waals surface area contributed by atoms with Gasteiger partial charge in [0.2, 0.25) is 11.6 Å². The first-order valence-corrected chi connectivity index (χ1v) is 30.6. The largest absolute Gasteiger partial charge is 0.393 e. The van der Waals surface area contributed by atoms with Crippen LogP contribution in [0, 0.1) is 11.8 Å². The SMILES string of the molecule is NS(=O)(=O)OC[C@H]1C[C@@H](Nc2ncncc2C(=O)c2cc(S(=O)c3cccc(Cl)c3)c(Cl)s2)C[C@@H]1O.NS(=O)(=O)OC[C@H]1C[C@@H](Nc2ncncc2C(=O)c2cc(Sc3cccc(Cl)c3)c(Cl)s2)C[C@@H]1O.P=S.[Ti]. The monoisotopic (exact) mass is 1280 g/mol. The summed E-state index contributed by atoms with van der Waals surface area (Å²) in [7, 11) is -7.31. The van der Waals surface area contributed by atoms with Crippen LogP contribution in [-0.4, -0.2) is 100 Å². The number of carbonyl (C=O) groups excluding carboxylic acids is 2. The molecule has 0 radical (unpaired) electrons. The van der Waals surface area contributed by atoms with Gasteiger partial charge in [-0.3, -0.25) is 18.0 Å². The van der Waals surface area contributed by atoms with Crippen molar-refractivity contribution in [2.45, 2.75) is 69.6 Å². The van der Waals surface area contributed by atoms with Crippen molar-refractivity contribution in [3.63, 3.8) is 0 Å². The van der Waals surface area contributed by atoms with Crippen LogP contribution in [0.3, 0.4) is 0 Å². The van der Waals surface area contributed by atoms with Gasteiger partial charge in [0.15, 0.2) is 0 Å². The Morgan fingerprint density at radius 3 is 1.70 bits per heavy atom. The fourth-order valence-electron chi connectivity index (χ4n) is 7.53. The topological polar surface area (TPSA) is 306 Å². The number of nitrogens with zero attached hydrogens (tertiary/aromatic N) is 4. The van der Waals surface area contributed by atoms with Crippen LogP contribution < -0.4 is 20.9 Å². The summed E-state index contributed by atoms with van der Waals surface area (Å²) >= 11 is 32.2. The number of hydrogen-bond donors (Lipinski definition) is 6. The summed E-state index contributed by atoms with van der Waals surface area (Å²) < 4.78 is 67.1. The molecule has 2 fully saturated rings. The molecule has 2 aliphatic carbocycles. The van der Waals surface area contributed by atoms with Crippen molar-refractivity contribution < 1.29 is 70.9 Å². The Labute approximate surface area is 482 Å². The molecule has 0 bridgehead atoms. The second-order valence-electron chi connectivity index (χ2n) is 15.8. The van der Waals surface area contributed by atoms with Crippen LogP contribution in [0.4, 0.5) is 11.6 Å². The maximum absolute atomic E-state index is 13.3. The Balaban J connectivity index is 0.000000262. The molecular formula is C42H41Cl4N8O11PS7Ti. The molecule has 0 aliphatic heterocycles. The molecule has 32 heteroatoms. The summed E-state index contributed by atoms with van der Waals surface area (Å²) in [6.45, 7) is -0.484. The molecule has 2 saturated carbocycles. The quantitative estimate of drug-likeness (QED) is 0.0274. The Bertz CT molecular complexity index is 3210. The molecule has 8 rings (SSSR count). The van der Waals surface area contributed by atoms with E-state index in [0.29, 0.717) is 49.2 Å². The van der Waals surface area contributed by atoms with E-state index in [-0.39, 0.29) is 90.3 Å². The molecule has 8 N–H and O–H groups in total. The predicted molar refractivity (Wildman–Crippen MR) is 287 cm³/mol. The van der Waals surface area contributed by atoms with Gasteiger partial charge in [0, 0.05) is 82.8 Å². The number of rotatable bonds is 18. The van der Waals surface area contributed by atoms with E-state index in [9.17, 15) is 40.8 Å². The zero-order valence-corrected chi connectivity index (χ0v) is 49.0. The number of aliphatic hydroxyl groups excluding tert-OH is 2. The van der Waals surface area contributed by atoms with E-state index < -0.39 is 61.2 Å². The molecule has 1 unspecified atom stereocenters.